The van der Waals surface area contributed by atoms with Crippen LogP contribution in [0.15, 0.2) is 72.8 Å². The lowest BCUT2D eigenvalue weighted by Crippen LogP contribution is -2.45. The van der Waals surface area contributed by atoms with Gasteiger partial charge in [0.1, 0.15) is 11.5 Å². The van der Waals surface area contributed by atoms with Crippen molar-refractivity contribution in [2.45, 2.75) is 18.5 Å². The maximum atomic E-state index is 13.6. The monoisotopic (exact) mass is 430 g/mol. The maximum absolute atomic E-state index is 13.6. The number of carbonyl (C=O) groups is 2. The van der Waals surface area contributed by atoms with Gasteiger partial charge in [0, 0.05) is 24.7 Å². The minimum atomic E-state index is -0.558. The second-order valence-corrected chi connectivity index (χ2v) is 7.73. The second-order valence-electron chi connectivity index (χ2n) is 7.73. The largest absolute Gasteiger partial charge is 0.497 e. The van der Waals surface area contributed by atoms with Crippen LogP contribution in [0.5, 0.6) is 11.5 Å². The normalized spacial score (nSPS) is 17.5. The van der Waals surface area contributed by atoms with Crippen LogP contribution in [-0.4, -0.2) is 38.0 Å². The molecule has 1 N–H and O–H groups in total. The van der Waals surface area contributed by atoms with Crippen molar-refractivity contribution in [3.8, 4) is 11.5 Å². The molecule has 0 aliphatic carbocycles. The lowest BCUT2D eigenvalue weighted by Gasteiger charge is -2.39. The lowest BCUT2D eigenvalue weighted by molar-refractivity contribution is -0.124. The highest BCUT2D eigenvalue weighted by molar-refractivity contribution is 6.01. The standard InChI is InChI=1S/C26H26N2O4/c1-28-24(17-12-14-19(31-2)15-13-17)23(20-9-5-6-10-21(20)26(28)30)25(29)27-16-18-8-4-7-11-22(18)32-3/h4-15,23-24H,16H2,1-3H3,(H,27,29). The number of ether oxygens (including phenoxy) is 2. The highest BCUT2D eigenvalue weighted by atomic mass is 16.5. The Balaban J connectivity index is 1.71. The van der Waals surface area contributed by atoms with Gasteiger partial charge in [0.05, 0.1) is 26.2 Å². The minimum Gasteiger partial charge on any atom is -0.497 e. The van der Waals surface area contributed by atoms with Gasteiger partial charge in [-0.2, -0.15) is 0 Å². The number of hydrogen-bond donors (Lipinski definition) is 1. The first-order valence-electron chi connectivity index (χ1n) is 10.4. The van der Waals surface area contributed by atoms with Crippen LogP contribution in [0.4, 0.5) is 0 Å². The molecule has 2 unspecified atom stereocenters. The van der Waals surface area contributed by atoms with Crippen LogP contribution >= 0.6 is 0 Å². The molecule has 3 aromatic rings. The van der Waals surface area contributed by atoms with E-state index in [1.54, 1.807) is 32.2 Å². The first kappa shape index (κ1) is 21.4. The molecule has 0 aromatic heterocycles. The fourth-order valence-electron chi connectivity index (χ4n) is 4.32. The van der Waals surface area contributed by atoms with Gasteiger partial charge in [-0.15, -0.1) is 0 Å². The molecule has 2 amide bonds. The van der Waals surface area contributed by atoms with Crippen molar-refractivity contribution in [2.24, 2.45) is 0 Å². The van der Waals surface area contributed by atoms with Gasteiger partial charge in [-0.25, -0.2) is 0 Å². The summed E-state index contributed by atoms with van der Waals surface area (Å²) in [5, 5.41) is 3.06. The van der Waals surface area contributed by atoms with E-state index in [9.17, 15) is 9.59 Å². The van der Waals surface area contributed by atoms with Crippen LogP contribution in [0.25, 0.3) is 0 Å². The molecule has 6 nitrogen and oxygen atoms in total. The van der Waals surface area contributed by atoms with Crippen molar-refractivity contribution in [3.63, 3.8) is 0 Å². The van der Waals surface area contributed by atoms with Gasteiger partial charge < -0.3 is 19.7 Å². The molecule has 2 atom stereocenters. The van der Waals surface area contributed by atoms with E-state index in [0.29, 0.717) is 12.1 Å². The molecule has 0 spiro atoms. The van der Waals surface area contributed by atoms with Crippen molar-refractivity contribution in [1.29, 1.82) is 0 Å². The highest BCUT2D eigenvalue weighted by Crippen LogP contribution is 2.42. The topological polar surface area (TPSA) is 67.9 Å². The summed E-state index contributed by atoms with van der Waals surface area (Å²) in [5.41, 5.74) is 3.04. The van der Waals surface area contributed by atoms with Crippen LogP contribution in [0.3, 0.4) is 0 Å². The summed E-state index contributed by atoms with van der Waals surface area (Å²) < 4.78 is 10.7. The van der Waals surface area contributed by atoms with Crippen molar-refractivity contribution in [1.82, 2.24) is 10.2 Å². The quantitative estimate of drug-likeness (QED) is 0.644. The Morgan fingerprint density at radius 2 is 1.62 bits per heavy atom. The number of rotatable bonds is 6. The molecule has 0 saturated heterocycles. The van der Waals surface area contributed by atoms with Gasteiger partial charge in [0.15, 0.2) is 0 Å². The first-order chi connectivity index (χ1) is 15.5. The van der Waals surface area contributed by atoms with Crippen LogP contribution in [0, 0.1) is 0 Å². The average Bonchev–Trinajstić information content (AvgIpc) is 2.84. The predicted molar refractivity (Wildman–Crippen MR) is 122 cm³/mol. The Morgan fingerprint density at radius 1 is 0.938 bits per heavy atom. The summed E-state index contributed by atoms with van der Waals surface area (Å²) in [7, 11) is 4.96. The molecular formula is C26H26N2O4. The van der Waals surface area contributed by atoms with E-state index in [2.05, 4.69) is 5.32 Å². The number of nitrogens with one attached hydrogen (secondary N) is 1. The number of likely N-dealkylation sites (N-methyl/N-ethyl adjacent to an activating group) is 1. The molecule has 1 aliphatic heterocycles. The summed E-state index contributed by atoms with van der Waals surface area (Å²) in [6.07, 6.45) is 0. The zero-order chi connectivity index (χ0) is 22.7. The van der Waals surface area contributed by atoms with Crippen LogP contribution < -0.4 is 14.8 Å². The van der Waals surface area contributed by atoms with E-state index in [1.807, 2.05) is 66.7 Å². The van der Waals surface area contributed by atoms with Crippen molar-refractivity contribution in [3.05, 3.63) is 95.1 Å². The number of fused-ring (bicyclic) bond motifs is 1. The SMILES string of the molecule is COc1ccc(C2C(C(=O)NCc3ccccc3OC)c3ccccc3C(=O)N2C)cc1. The fraction of sp³-hybridized carbons (Fsp3) is 0.231. The number of amides is 2. The molecular weight excluding hydrogens is 404 g/mol. The molecule has 1 heterocycles. The predicted octanol–water partition coefficient (Wildman–Crippen LogP) is 3.93. The van der Waals surface area contributed by atoms with Crippen molar-refractivity contribution >= 4 is 11.8 Å². The molecule has 6 heteroatoms. The average molecular weight is 431 g/mol. The van der Waals surface area contributed by atoms with Crippen molar-refractivity contribution < 1.29 is 19.1 Å². The number of hydrogen-bond acceptors (Lipinski definition) is 4. The number of nitrogens with zero attached hydrogens (tertiary/aromatic N) is 1. The van der Waals surface area contributed by atoms with Crippen LogP contribution in [0.1, 0.15) is 39.0 Å². The smallest absolute Gasteiger partial charge is 0.254 e. The number of methoxy groups -OCH3 is 2. The third-order valence-electron chi connectivity index (χ3n) is 5.96. The molecule has 3 aromatic carbocycles. The zero-order valence-electron chi connectivity index (χ0n) is 18.4. The van der Waals surface area contributed by atoms with E-state index >= 15 is 0 Å². The Hall–Kier alpha value is -3.80. The maximum Gasteiger partial charge on any atom is 0.254 e. The molecule has 4 rings (SSSR count). The Morgan fingerprint density at radius 3 is 2.34 bits per heavy atom. The molecule has 0 saturated carbocycles. The zero-order valence-corrected chi connectivity index (χ0v) is 18.4. The summed E-state index contributed by atoms with van der Waals surface area (Å²) in [4.78, 5) is 28.3. The molecule has 0 fully saturated rings. The fourth-order valence-corrected chi connectivity index (χ4v) is 4.32. The lowest BCUT2D eigenvalue weighted by atomic mass is 9.79. The molecule has 164 valence electrons. The number of benzene rings is 3. The first-order valence-corrected chi connectivity index (χ1v) is 10.4. The van der Waals surface area contributed by atoms with Gasteiger partial charge in [0.25, 0.3) is 5.91 Å². The minimum absolute atomic E-state index is 0.102. The molecule has 1 aliphatic rings. The Labute approximate surface area is 187 Å². The van der Waals surface area contributed by atoms with Crippen molar-refractivity contribution in [2.75, 3.05) is 21.3 Å². The highest BCUT2D eigenvalue weighted by Gasteiger charge is 2.42. The Kier molecular flexibility index (Phi) is 6.12. The Bertz CT molecular complexity index is 1130. The second kappa shape index (κ2) is 9.14. The number of para-hydroxylation sites is 1. The van der Waals surface area contributed by atoms with E-state index in [0.717, 1.165) is 28.2 Å². The summed E-state index contributed by atoms with van der Waals surface area (Å²) in [6.45, 7) is 0.328. The van der Waals surface area contributed by atoms with Gasteiger partial charge >= 0.3 is 0 Å². The summed E-state index contributed by atoms with van der Waals surface area (Å²) >= 11 is 0. The van der Waals surface area contributed by atoms with E-state index in [4.69, 9.17) is 9.47 Å². The van der Waals surface area contributed by atoms with Gasteiger partial charge in [-0.1, -0.05) is 48.5 Å². The third-order valence-corrected chi connectivity index (χ3v) is 5.96. The van der Waals surface area contributed by atoms with E-state index in [-0.39, 0.29) is 11.8 Å². The van der Waals surface area contributed by atoms with Gasteiger partial charge in [-0.05, 0) is 35.4 Å². The summed E-state index contributed by atoms with van der Waals surface area (Å²) in [6, 6.07) is 22.0. The van der Waals surface area contributed by atoms with E-state index in [1.165, 1.54) is 0 Å². The molecule has 32 heavy (non-hydrogen) atoms. The summed E-state index contributed by atoms with van der Waals surface area (Å²) in [5.74, 6) is 0.627. The van der Waals surface area contributed by atoms with E-state index < -0.39 is 12.0 Å². The van der Waals surface area contributed by atoms with Crippen LogP contribution in [-0.2, 0) is 11.3 Å². The molecule has 0 bridgehead atoms. The molecule has 0 radical (unpaired) electrons. The van der Waals surface area contributed by atoms with Gasteiger partial charge in [0.2, 0.25) is 5.91 Å². The third kappa shape index (κ3) is 3.91. The van der Waals surface area contributed by atoms with Crippen LogP contribution in [0.2, 0.25) is 0 Å². The van der Waals surface area contributed by atoms with Gasteiger partial charge in [-0.3, -0.25) is 9.59 Å². The number of carbonyl (C=O) groups excluding carboxylic acids is 2.